The number of rotatable bonds is 5. The smallest absolute Gasteiger partial charge is 0.369 e. The first-order chi connectivity index (χ1) is 16.3. The summed E-state index contributed by atoms with van der Waals surface area (Å²) in [6.07, 6.45) is 0.257. The number of alkyl halides is 3. The van der Waals surface area contributed by atoms with Crippen molar-refractivity contribution in [1.82, 2.24) is 20.1 Å². The number of carbonyl (C=O) groups is 1. The van der Waals surface area contributed by atoms with Gasteiger partial charge in [-0.1, -0.05) is 0 Å². The number of pyridine rings is 1. The van der Waals surface area contributed by atoms with Crippen molar-refractivity contribution in [3.63, 3.8) is 0 Å². The lowest BCUT2D eigenvalue weighted by Gasteiger charge is -2.40. The zero-order valence-electron chi connectivity index (χ0n) is 19.5. The van der Waals surface area contributed by atoms with Crippen molar-refractivity contribution in [2.24, 2.45) is 11.8 Å². The van der Waals surface area contributed by atoms with E-state index in [0.717, 1.165) is 50.9 Å². The van der Waals surface area contributed by atoms with Gasteiger partial charge in [0.1, 0.15) is 0 Å². The van der Waals surface area contributed by atoms with Gasteiger partial charge in [-0.15, -0.1) is 0 Å². The minimum atomic E-state index is -4.46. The summed E-state index contributed by atoms with van der Waals surface area (Å²) in [5.74, 6) is 1.10. The number of piperazine rings is 1. The number of anilines is 1. The van der Waals surface area contributed by atoms with Crippen molar-refractivity contribution in [3.8, 4) is 0 Å². The third-order valence-electron chi connectivity index (χ3n) is 7.49. The first-order valence-corrected chi connectivity index (χ1v) is 12.2. The molecular weight excluding hydrogens is 443 g/mol. The van der Waals surface area contributed by atoms with E-state index in [2.05, 4.69) is 32.0 Å². The van der Waals surface area contributed by atoms with Crippen LogP contribution in [0.15, 0.2) is 30.5 Å². The Balaban J connectivity index is 1.35. The van der Waals surface area contributed by atoms with Crippen LogP contribution in [0.25, 0.3) is 10.9 Å². The molecule has 2 saturated heterocycles. The number of hydrogen-bond acceptors (Lipinski definition) is 5. The number of nitrogens with zero attached hydrogens (tertiary/aromatic N) is 4. The number of benzene rings is 1. The highest BCUT2D eigenvalue weighted by molar-refractivity contribution is 5.94. The molecule has 2 unspecified atom stereocenters. The van der Waals surface area contributed by atoms with Gasteiger partial charge in [-0.3, -0.25) is 14.7 Å². The van der Waals surface area contributed by atoms with Crippen molar-refractivity contribution >= 4 is 22.5 Å². The van der Waals surface area contributed by atoms with E-state index in [9.17, 15) is 18.0 Å². The Morgan fingerprint density at radius 2 is 1.85 bits per heavy atom. The Bertz CT molecular complexity index is 1030. The molecule has 34 heavy (non-hydrogen) atoms. The second-order valence-electron chi connectivity index (χ2n) is 10.1. The predicted molar refractivity (Wildman–Crippen MR) is 126 cm³/mol. The number of aromatic nitrogens is 1. The number of likely N-dealkylation sites (N-methyl/N-ethyl adjacent to an activating group) is 1. The summed E-state index contributed by atoms with van der Waals surface area (Å²) in [5, 5.41) is 3.75. The van der Waals surface area contributed by atoms with Gasteiger partial charge in [0.05, 0.1) is 17.6 Å². The Hall–Kier alpha value is -2.39. The van der Waals surface area contributed by atoms with Crippen LogP contribution >= 0.6 is 0 Å². The van der Waals surface area contributed by atoms with Gasteiger partial charge >= 0.3 is 6.18 Å². The number of halogens is 3. The molecule has 0 bridgehead atoms. The normalized spacial score (nSPS) is 25.0. The first-order valence-electron chi connectivity index (χ1n) is 12.2. The van der Waals surface area contributed by atoms with Crippen LogP contribution in [0.3, 0.4) is 0 Å². The largest absolute Gasteiger partial charge is 0.418 e. The van der Waals surface area contributed by atoms with Crippen molar-refractivity contribution in [3.05, 3.63) is 36.0 Å². The molecule has 2 aromatic rings. The fraction of sp³-hybridized carbons (Fsp3) is 0.600. The van der Waals surface area contributed by atoms with Gasteiger partial charge in [0, 0.05) is 62.6 Å². The van der Waals surface area contributed by atoms with E-state index < -0.39 is 11.7 Å². The summed E-state index contributed by atoms with van der Waals surface area (Å²) in [6, 6.07) is 6.10. The highest BCUT2D eigenvalue weighted by atomic mass is 19.4. The van der Waals surface area contributed by atoms with Gasteiger partial charge in [-0.25, -0.2) is 0 Å². The van der Waals surface area contributed by atoms with Gasteiger partial charge in [-0.05, 0) is 62.4 Å². The Labute approximate surface area is 198 Å². The summed E-state index contributed by atoms with van der Waals surface area (Å²) >= 11 is 0. The molecule has 1 saturated carbocycles. The van der Waals surface area contributed by atoms with Crippen molar-refractivity contribution in [1.29, 1.82) is 0 Å². The van der Waals surface area contributed by atoms with E-state index in [-0.39, 0.29) is 17.5 Å². The van der Waals surface area contributed by atoms with Gasteiger partial charge in [0.2, 0.25) is 5.91 Å². The molecule has 1 N–H and O–H groups in total. The quantitative estimate of drug-likeness (QED) is 0.720. The molecular formula is C25H32F3N5O. The lowest BCUT2D eigenvalue weighted by Crippen LogP contribution is -2.54. The maximum atomic E-state index is 13.6. The summed E-state index contributed by atoms with van der Waals surface area (Å²) in [4.78, 5) is 23.5. The molecule has 3 fully saturated rings. The summed E-state index contributed by atoms with van der Waals surface area (Å²) < 4.78 is 40.7. The summed E-state index contributed by atoms with van der Waals surface area (Å²) in [5.41, 5.74) is 0.0381. The standard InChI is InChI=1S/C25H32F3N5O/c1-31-9-11-32(12-10-31)16-23(34)30-19-13-18(17-4-5-17)14-33(15-19)22-7-6-21(25(26,27)28)24-20(22)3-2-8-29-24/h2-3,6-8,17-19H,4-5,9-16H2,1H3,(H,30,34). The zero-order valence-corrected chi connectivity index (χ0v) is 19.5. The number of carbonyl (C=O) groups excluding carboxylic acids is 1. The van der Waals surface area contributed by atoms with Gasteiger partial charge < -0.3 is 15.1 Å². The summed E-state index contributed by atoms with van der Waals surface area (Å²) in [7, 11) is 2.09. The van der Waals surface area contributed by atoms with Gasteiger partial charge in [0.25, 0.3) is 0 Å². The Kier molecular flexibility index (Phi) is 6.41. The summed E-state index contributed by atoms with van der Waals surface area (Å²) in [6.45, 7) is 5.47. The van der Waals surface area contributed by atoms with E-state index in [1.807, 2.05) is 0 Å². The number of hydrogen-bond donors (Lipinski definition) is 1. The Morgan fingerprint density at radius 1 is 1.09 bits per heavy atom. The molecule has 1 aliphatic carbocycles. The zero-order chi connectivity index (χ0) is 23.9. The average Bonchev–Trinajstić information content (AvgIpc) is 3.64. The molecule has 9 heteroatoms. The average molecular weight is 476 g/mol. The molecule has 6 nitrogen and oxygen atoms in total. The van der Waals surface area contributed by atoms with Crippen LogP contribution in [0, 0.1) is 11.8 Å². The number of piperidine rings is 1. The maximum absolute atomic E-state index is 13.6. The second-order valence-corrected chi connectivity index (χ2v) is 10.1. The molecule has 0 radical (unpaired) electrons. The van der Waals surface area contributed by atoms with Gasteiger partial charge in [-0.2, -0.15) is 13.2 Å². The lowest BCUT2D eigenvalue weighted by molar-refractivity contribution is -0.136. The molecule has 1 aromatic heterocycles. The highest BCUT2D eigenvalue weighted by Gasteiger charge is 2.39. The third kappa shape index (κ3) is 5.15. The molecule has 0 spiro atoms. The van der Waals surface area contributed by atoms with Crippen molar-refractivity contribution in [2.45, 2.75) is 31.5 Å². The monoisotopic (exact) mass is 475 g/mol. The number of nitrogens with one attached hydrogen (secondary N) is 1. The Morgan fingerprint density at radius 3 is 2.56 bits per heavy atom. The molecule has 1 aromatic carbocycles. The fourth-order valence-corrected chi connectivity index (χ4v) is 5.49. The van der Waals surface area contributed by atoms with E-state index in [1.165, 1.54) is 19.0 Å². The molecule has 3 heterocycles. The molecule has 2 atom stereocenters. The van der Waals surface area contributed by atoms with Crippen LogP contribution in [-0.2, 0) is 11.0 Å². The van der Waals surface area contributed by atoms with Crippen molar-refractivity contribution < 1.29 is 18.0 Å². The minimum absolute atomic E-state index is 0.0169. The molecule has 5 rings (SSSR count). The first kappa shape index (κ1) is 23.4. The topological polar surface area (TPSA) is 51.7 Å². The van der Waals surface area contributed by atoms with Crippen LogP contribution in [-0.4, -0.2) is 79.6 Å². The molecule has 3 aliphatic rings. The van der Waals surface area contributed by atoms with Crippen LogP contribution in [0.4, 0.5) is 18.9 Å². The van der Waals surface area contributed by atoms with E-state index in [1.54, 1.807) is 18.2 Å². The maximum Gasteiger partial charge on any atom is 0.418 e. The third-order valence-corrected chi connectivity index (χ3v) is 7.49. The van der Waals surface area contributed by atoms with E-state index >= 15 is 0 Å². The highest BCUT2D eigenvalue weighted by Crippen LogP contribution is 2.43. The number of fused-ring (bicyclic) bond motifs is 1. The van der Waals surface area contributed by atoms with E-state index in [0.29, 0.717) is 30.3 Å². The molecule has 184 valence electrons. The molecule has 2 aliphatic heterocycles. The fourth-order valence-electron chi connectivity index (χ4n) is 5.49. The SMILES string of the molecule is CN1CCN(CC(=O)NC2CC(C3CC3)CN(c3ccc(C(F)(F)F)c4ncccc34)C2)CC1. The lowest BCUT2D eigenvalue weighted by atomic mass is 9.89. The van der Waals surface area contributed by atoms with Crippen LogP contribution in [0.5, 0.6) is 0 Å². The second kappa shape index (κ2) is 9.34. The number of amides is 1. The van der Waals surface area contributed by atoms with Gasteiger partial charge in [0.15, 0.2) is 0 Å². The van der Waals surface area contributed by atoms with E-state index in [4.69, 9.17) is 0 Å². The minimum Gasteiger partial charge on any atom is -0.369 e. The van der Waals surface area contributed by atoms with Crippen LogP contribution in [0.2, 0.25) is 0 Å². The molecule has 1 amide bonds. The van der Waals surface area contributed by atoms with Crippen LogP contribution < -0.4 is 10.2 Å². The van der Waals surface area contributed by atoms with Crippen molar-refractivity contribution in [2.75, 3.05) is 57.8 Å². The van der Waals surface area contributed by atoms with Crippen LogP contribution in [0.1, 0.15) is 24.8 Å². The predicted octanol–water partition coefficient (Wildman–Crippen LogP) is 3.22.